The molecule has 2 heterocycles. The molecule has 0 aliphatic carbocycles. The minimum atomic E-state index is -0.414. The van der Waals surface area contributed by atoms with Gasteiger partial charge >= 0.3 is 0 Å². The summed E-state index contributed by atoms with van der Waals surface area (Å²) in [5, 5.41) is 0. The molecule has 28 heavy (non-hydrogen) atoms. The van der Waals surface area contributed by atoms with E-state index in [4.69, 9.17) is 9.47 Å². The number of anilines is 1. The molecule has 3 aromatic rings. The van der Waals surface area contributed by atoms with Crippen molar-refractivity contribution in [3.8, 4) is 22.9 Å². The normalized spacial score (nSPS) is 12.4. The Morgan fingerprint density at radius 1 is 1.11 bits per heavy atom. The number of hydrogen-bond acceptors (Lipinski definition) is 4. The topological polar surface area (TPSA) is 39.5 Å². The highest BCUT2D eigenvalue weighted by Crippen LogP contribution is 2.35. The molecule has 0 radical (unpaired) electrons. The lowest BCUT2D eigenvalue weighted by atomic mass is 10.2. The fraction of sp³-hybridized carbons (Fsp3) is 0.318. The lowest BCUT2D eigenvalue weighted by Crippen LogP contribution is -2.20. The van der Waals surface area contributed by atoms with E-state index in [9.17, 15) is 4.39 Å². The van der Waals surface area contributed by atoms with E-state index < -0.39 is 5.95 Å². The second-order valence-corrected chi connectivity index (χ2v) is 6.94. The third-order valence-corrected chi connectivity index (χ3v) is 4.97. The Morgan fingerprint density at radius 2 is 1.89 bits per heavy atom. The van der Waals surface area contributed by atoms with Crippen molar-refractivity contribution in [2.75, 3.05) is 18.7 Å². The molecule has 2 aromatic carbocycles. The fourth-order valence-electron chi connectivity index (χ4n) is 3.41. The van der Waals surface area contributed by atoms with Gasteiger partial charge in [0.15, 0.2) is 11.5 Å². The van der Waals surface area contributed by atoms with Crippen LogP contribution in [0.25, 0.3) is 11.4 Å². The van der Waals surface area contributed by atoms with Crippen LogP contribution in [-0.2, 0) is 13.1 Å². The number of unbranched alkanes of at least 4 members (excludes halogenated alkanes) is 1. The summed E-state index contributed by atoms with van der Waals surface area (Å²) in [5.41, 5.74) is 2.45. The first-order chi connectivity index (χ1) is 13.7. The van der Waals surface area contributed by atoms with Gasteiger partial charge in [-0.05, 0) is 18.6 Å². The minimum Gasteiger partial charge on any atom is -0.454 e. The maximum absolute atomic E-state index is 14.9. The highest BCUT2D eigenvalue weighted by atomic mass is 19.1. The molecule has 0 spiro atoms. The van der Waals surface area contributed by atoms with Crippen molar-refractivity contribution in [2.24, 2.45) is 0 Å². The largest absolute Gasteiger partial charge is 0.454 e. The molecular formula is C22H24FN3O2. The van der Waals surface area contributed by atoms with Crippen LogP contribution in [0.4, 0.5) is 10.1 Å². The van der Waals surface area contributed by atoms with Crippen molar-refractivity contribution in [3.05, 3.63) is 60.2 Å². The van der Waals surface area contributed by atoms with Crippen LogP contribution in [-0.4, -0.2) is 23.4 Å². The van der Waals surface area contributed by atoms with Crippen molar-refractivity contribution in [3.63, 3.8) is 0 Å². The summed E-state index contributed by atoms with van der Waals surface area (Å²) in [6.45, 7) is 3.52. The Balaban J connectivity index is 1.65. The molecule has 1 aliphatic rings. The quantitative estimate of drug-likeness (QED) is 0.586. The van der Waals surface area contributed by atoms with Crippen molar-refractivity contribution in [1.82, 2.24) is 9.55 Å². The number of fused-ring (bicyclic) bond motifs is 1. The lowest BCUT2D eigenvalue weighted by Gasteiger charge is -2.21. The number of nitrogens with zero attached hydrogens (tertiary/aromatic N) is 3. The maximum Gasteiger partial charge on any atom is 0.236 e. The standard InChI is InChI=1S/C22H24FN3O2/c1-3-4-12-26-18(21(23)24-22(26)16-8-6-5-7-9-16)14-25(2)17-10-11-19-20(13-17)28-15-27-19/h5-11,13H,3-4,12,14-15H2,1-2H3. The van der Waals surface area contributed by atoms with E-state index in [1.807, 2.05) is 65.0 Å². The highest BCUT2D eigenvalue weighted by molar-refractivity contribution is 5.58. The first-order valence-corrected chi connectivity index (χ1v) is 9.58. The third-order valence-electron chi connectivity index (χ3n) is 4.97. The number of benzene rings is 2. The summed E-state index contributed by atoms with van der Waals surface area (Å²) >= 11 is 0. The Labute approximate surface area is 164 Å². The molecule has 0 fully saturated rings. The zero-order valence-electron chi connectivity index (χ0n) is 16.2. The smallest absolute Gasteiger partial charge is 0.236 e. The summed E-state index contributed by atoms with van der Waals surface area (Å²) in [6, 6.07) is 15.5. The summed E-state index contributed by atoms with van der Waals surface area (Å²) < 4.78 is 27.7. The molecular weight excluding hydrogens is 357 g/mol. The number of imidazole rings is 1. The van der Waals surface area contributed by atoms with Crippen molar-refractivity contribution < 1.29 is 13.9 Å². The summed E-state index contributed by atoms with van der Waals surface area (Å²) in [6.07, 6.45) is 2.00. The average Bonchev–Trinajstić information content (AvgIpc) is 3.31. The molecule has 6 heteroatoms. The third kappa shape index (κ3) is 3.54. The zero-order valence-corrected chi connectivity index (χ0v) is 16.2. The Hall–Kier alpha value is -3.02. The monoisotopic (exact) mass is 381 g/mol. The number of ether oxygens (including phenoxy) is 2. The molecule has 0 atom stereocenters. The molecule has 0 amide bonds. The molecule has 0 saturated heterocycles. The van der Waals surface area contributed by atoms with Gasteiger partial charge in [-0.15, -0.1) is 0 Å². The van der Waals surface area contributed by atoms with Gasteiger partial charge in [-0.25, -0.2) is 0 Å². The fourth-order valence-corrected chi connectivity index (χ4v) is 3.41. The minimum absolute atomic E-state index is 0.237. The SMILES string of the molecule is CCCCn1c(-c2ccccc2)nc(F)c1CN(C)c1ccc2c(c1)OCO2. The van der Waals surface area contributed by atoms with Gasteiger partial charge in [-0.3, -0.25) is 0 Å². The first-order valence-electron chi connectivity index (χ1n) is 9.58. The highest BCUT2D eigenvalue weighted by Gasteiger charge is 2.21. The van der Waals surface area contributed by atoms with Gasteiger partial charge in [0.1, 0.15) is 5.82 Å². The van der Waals surface area contributed by atoms with Crippen LogP contribution in [0.5, 0.6) is 11.5 Å². The van der Waals surface area contributed by atoms with Crippen molar-refractivity contribution in [2.45, 2.75) is 32.9 Å². The molecule has 5 nitrogen and oxygen atoms in total. The Bertz CT molecular complexity index is 956. The van der Waals surface area contributed by atoms with Crippen LogP contribution >= 0.6 is 0 Å². The zero-order chi connectivity index (χ0) is 19.5. The van der Waals surface area contributed by atoms with Gasteiger partial charge in [0, 0.05) is 30.9 Å². The molecule has 0 N–H and O–H groups in total. The molecule has 0 saturated carbocycles. The molecule has 146 valence electrons. The predicted octanol–water partition coefficient (Wildman–Crippen LogP) is 4.85. The molecule has 4 rings (SSSR count). The van der Waals surface area contributed by atoms with E-state index in [1.54, 1.807) is 0 Å². The molecule has 1 aliphatic heterocycles. The van der Waals surface area contributed by atoms with Gasteiger partial charge in [0.2, 0.25) is 12.7 Å². The van der Waals surface area contributed by atoms with Crippen molar-refractivity contribution in [1.29, 1.82) is 0 Å². The molecule has 0 bridgehead atoms. The van der Waals surface area contributed by atoms with Gasteiger partial charge in [-0.2, -0.15) is 9.37 Å². The first kappa shape index (κ1) is 18.3. The number of rotatable bonds is 7. The van der Waals surface area contributed by atoms with Gasteiger partial charge in [-0.1, -0.05) is 43.7 Å². The van der Waals surface area contributed by atoms with E-state index in [1.165, 1.54) is 0 Å². The van der Waals surface area contributed by atoms with Crippen LogP contribution in [0.3, 0.4) is 0 Å². The second kappa shape index (κ2) is 7.92. The van der Waals surface area contributed by atoms with Crippen molar-refractivity contribution >= 4 is 5.69 Å². The second-order valence-electron chi connectivity index (χ2n) is 6.94. The lowest BCUT2D eigenvalue weighted by molar-refractivity contribution is 0.174. The van der Waals surface area contributed by atoms with E-state index >= 15 is 0 Å². The maximum atomic E-state index is 14.9. The van der Waals surface area contributed by atoms with E-state index in [0.29, 0.717) is 23.8 Å². The van der Waals surface area contributed by atoms with Crippen LogP contribution in [0.2, 0.25) is 0 Å². The van der Waals surface area contributed by atoms with E-state index in [0.717, 1.165) is 36.4 Å². The molecule has 0 unspecified atom stereocenters. The van der Waals surface area contributed by atoms with Crippen LogP contribution in [0.15, 0.2) is 48.5 Å². The predicted molar refractivity (Wildman–Crippen MR) is 107 cm³/mol. The number of hydrogen-bond donors (Lipinski definition) is 0. The summed E-state index contributed by atoms with van der Waals surface area (Å²) in [5.74, 6) is 1.72. The Kier molecular flexibility index (Phi) is 5.19. The van der Waals surface area contributed by atoms with Crippen LogP contribution in [0, 0.1) is 5.95 Å². The molecule has 1 aromatic heterocycles. The van der Waals surface area contributed by atoms with Crippen LogP contribution in [0.1, 0.15) is 25.5 Å². The summed E-state index contributed by atoms with van der Waals surface area (Å²) in [7, 11) is 1.94. The van der Waals surface area contributed by atoms with E-state index in [-0.39, 0.29) is 6.79 Å². The van der Waals surface area contributed by atoms with Gasteiger partial charge in [0.05, 0.1) is 12.2 Å². The summed E-state index contributed by atoms with van der Waals surface area (Å²) in [4.78, 5) is 6.26. The number of halogens is 1. The van der Waals surface area contributed by atoms with Gasteiger partial charge < -0.3 is 18.9 Å². The number of aromatic nitrogens is 2. The van der Waals surface area contributed by atoms with Crippen LogP contribution < -0.4 is 14.4 Å². The van der Waals surface area contributed by atoms with E-state index in [2.05, 4.69) is 11.9 Å². The van der Waals surface area contributed by atoms with Gasteiger partial charge in [0.25, 0.3) is 0 Å². The Morgan fingerprint density at radius 3 is 2.68 bits per heavy atom. The average molecular weight is 381 g/mol.